The number of nitrogens with zero attached hydrogens (tertiary/aromatic N) is 6. The van der Waals surface area contributed by atoms with Gasteiger partial charge in [-0.15, -0.1) is 0 Å². The lowest BCUT2D eigenvalue weighted by atomic mass is 9.90. The fourth-order valence-corrected chi connectivity index (χ4v) is 10.4. The van der Waals surface area contributed by atoms with Crippen LogP contribution in [0, 0.1) is 17.2 Å². The Balaban J connectivity index is 0.692. The summed E-state index contributed by atoms with van der Waals surface area (Å²) >= 11 is 6.28. The second-order valence-corrected chi connectivity index (χ2v) is 17.6. The Hall–Kier alpha value is -5.29. The summed E-state index contributed by atoms with van der Waals surface area (Å²) < 4.78 is 0. The van der Waals surface area contributed by atoms with Crippen molar-refractivity contribution in [1.29, 1.82) is 5.26 Å². The molecule has 14 heteroatoms. The van der Waals surface area contributed by atoms with Gasteiger partial charge in [0.2, 0.25) is 11.8 Å². The van der Waals surface area contributed by atoms with Crippen LogP contribution in [0.25, 0.3) is 0 Å². The van der Waals surface area contributed by atoms with Crippen molar-refractivity contribution in [3.05, 3.63) is 93.0 Å². The van der Waals surface area contributed by atoms with Crippen molar-refractivity contribution in [3.63, 3.8) is 0 Å². The first-order valence-electron chi connectivity index (χ1n) is 20.9. The molecule has 3 aromatic rings. The van der Waals surface area contributed by atoms with Crippen molar-refractivity contribution in [3.8, 4) is 6.07 Å². The van der Waals surface area contributed by atoms with Crippen LogP contribution in [0.2, 0.25) is 5.02 Å². The Morgan fingerprint density at radius 3 is 2.15 bits per heavy atom. The predicted octanol–water partition coefficient (Wildman–Crippen LogP) is 4.71. The Morgan fingerprint density at radius 2 is 1.54 bits per heavy atom. The number of hydrogen-bond acceptors (Lipinski definition) is 10. The quantitative estimate of drug-likeness (QED) is 0.291. The predicted molar refractivity (Wildman–Crippen MR) is 222 cm³/mol. The van der Waals surface area contributed by atoms with Gasteiger partial charge in [-0.25, -0.2) is 0 Å². The van der Waals surface area contributed by atoms with Crippen LogP contribution < -0.4 is 20.4 Å². The fraction of sp³-hybridized carbons (Fsp3) is 0.467. The fourth-order valence-electron chi connectivity index (χ4n) is 10.2. The van der Waals surface area contributed by atoms with Crippen molar-refractivity contribution in [2.75, 3.05) is 49.6 Å². The van der Waals surface area contributed by atoms with E-state index in [0.717, 1.165) is 112 Å². The molecule has 3 aromatic carbocycles. The van der Waals surface area contributed by atoms with Crippen LogP contribution in [-0.4, -0.2) is 108 Å². The van der Waals surface area contributed by atoms with Gasteiger partial charge in [0.05, 0.1) is 21.7 Å². The number of hydrogen-bond donors (Lipinski definition) is 2. The molecule has 4 fully saturated rings. The molecule has 2 N–H and O–H groups in total. The van der Waals surface area contributed by atoms with Crippen molar-refractivity contribution < 1.29 is 24.0 Å². The molecule has 0 bridgehead atoms. The molecule has 1 atom stereocenters. The first kappa shape index (κ1) is 39.2. The van der Waals surface area contributed by atoms with Crippen molar-refractivity contribution in [1.82, 2.24) is 25.3 Å². The first-order valence-corrected chi connectivity index (χ1v) is 21.3. The van der Waals surface area contributed by atoms with E-state index in [1.54, 1.807) is 6.07 Å². The maximum atomic E-state index is 13.3. The molecule has 5 aliphatic heterocycles. The van der Waals surface area contributed by atoms with Gasteiger partial charge in [0.1, 0.15) is 12.1 Å². The number of carbonyl (C=O) groups excluding carboxylic acids is 5. The minimum atomic E-state index is -0.951. The van der Waals surface area contributed by atoms with Crippen LogP contribution in [0.3, 0.4) is 0 Å². The smallest absolute Gasteiger partial charge is 0.262 e. The summed E-state index contributed by atoms with van der Waals surface area (Å²) in [6.45, 7) is 6.53. The molecule has 5 amide bonds. The number of likely N-dealkylation sites (tertiary alicyclic amines) is 1. The number of benzene rings is 3. The summed E-state index contributed by atoms with van der Waals surface area (Å²) in [4.78, 5) is 74.6. The van der Waals surface area contributed by atoms with Crippen molar-refractivity contribution in [2.45, 2.75) is 88.6 Å². The number of anilines is 2. The standard InChI is InChI=1S/C45H49ClN8O5/c1-50(36-9-4-29(21-47)39(46)20-36)33-10-5-32(6-11-33)48-42(56)28-2-7-34(8-3-28)52-16-14-35(15-17-52)53-23-27(24-53)22-51-25-30-18-37-38(19-31(30)26-51)45(59)54(44(37)58)40-12-13-41(55)49-43(40)57/h2-4,7-9,18-20,27,32-33,35,40H,5-6,10-17,22-26H2,1H3,(H,48,56)(H,49,55,57)/t32-,33-,40?. The molecule has 6 aliphatic rings. The minimum absolute atomic E-state index is 0.0247. The zero-order chi connectivity index (χ0) is 40.9. The molecule has 1 saturated carbocycles. The van der Waals surface area contributed by atoms with Gasteiger partial charge in [-0.05, 0) is 117 Å². The second kappa shape index (κ2) is 16.0. The van der Waals surface area contributed by atoms with Gasteiger partial charge in [-0.3, -0.25) is 44.0 Å². The zero-order valence-electron chi connectivity index (χ0n) is 33.3. The SMILES string of the molecule is CN(c1ccc(C#N)c(Cl)c1)[C@H]1CC[C@H](NC(=O)c2ccc(N3CCC(N4CC(CN5Cc6cc7c(cc6C5)C(=O)N(C5CCC(=O)NC5=O)C7=O)C4)CC3)cc2)CC1. The van der Waals surface area contributed by atoms with Crippen LogP contribution in [-0.2, 0) is 22.7 Å². The lowest BCUT2D eigenvalue weighted by Crippen LogP contribution is -2.57. The van der Waals surface area contributed by atoms with E-state index in [1.807, 2.05) is 36.4 Å². The molecule has 1 aliphatic carbocycles. The Bertz CT molecular complexity index is 2190. The minimum Gasteiger partial charge on any atom is -0.372 e. The van der Waals surface area contributed by atoms with Gasteiger partial charge in [0.15, 0.2) is 0 Å². The monoisotopic (exact) mass is 816 g/mol. The third-order valence-corrected chi connectivity index (χ3v) is 13.9. The number of piperidine rings is 2. The largest absolute Gasteiger partial charge is 0.372 e. The molecule has 306 valence electrons. The van der Waals surface area contributed by atoms with E-state index in [0.29, 0.717) is 45.3 Å². The summed E-state index contributed by atoms with van der Waals surface area (Å²) in [5.74, 6) is -1.33. The highest BCUT2D eigenvalue weighted by Crippen LogP contribution is 2.36. The molecule has 13 nitrogen and oxygen atoms in total. The molecule has 0 radical (unpaired) electrons. The van der Waals surface area contributed by atoms with E-state index in [4.69, 9.17) is 11.6 Å². The average Bonchev–Trinajstić information content (AvgIpc) is 3.74. The zero-order valence-corrected chi connectivity index (χ0v) is 34.0. The molecule has 1 unspecified atom stereocenters. The summed E-state index contributed by atoms with van der Waals surface area (Å²) in [7, 11) is 2.06. The summed E-state index contributed by atoms with van der Waals surface area (Å²) in [6.07, 6.45) is 6.21. The van der Waals surface area contributed by atoms with Crippen LogP contribution in [0.5, 0.6) is 0 Å². The first-order chi connectivity index (χ1) is 28.5. The molecular formula is C45H49ClN8O5. The molecule has 5 heterocycles. The van der Waals surface area contributed by atoms with E-state index in [9.17, 15) is 29.2 Å². The molecule has 59 heavy (non-hydrogen) atoms. The Labute approximate surface area is 349 Å². The molecule has 0 aromatic heterocycles. The second-order valence-electron chi connectivity index (χ2n) is 17.2. The number of nitriles is 1. The van der Waals surface area contributed by atoms with Gasteiger partial charge < -0.3 is 15.1 Å². The van der Waals surface area contributed by atoms with E-state index in [1.165, 1.54) is 0 Å². The number of halogens is 1. The topological polar surface area (TPSA) is 149 Å². The van der Waals surface area contributed by atoms with E-state index >= 15 is 0 Å². The maximum absolute atomic E-state index is 13.3. The van der Waals surface area contributed by atoms with Gasteiger partial charge in [0, 0.05) is 94.3 Å². The molecule has 3 saturated heterocycles. The summed E-state index contributed by atoms with van der Waals surface area (Å²) in [5, 5.41) is 15.2. The van der Waals surface area contributed by atoms with Crippen molar-refractivity contribution >= 4 is 52.5 Å². The van der Waals surface area contributed by atoms with Gasteiger partial charge >= 0.3 is 0 Å². The molecule has 9 rings (SSSR count). The van der Waals surface area contributed by atoms with Crippen molar-refractivity contribution in [2.24, 2.45) is 5.92 Å². The van der Waals surface area contributed by atoms with E-state index in [-0.39, 0.29) is 30.7 Å². The highest BCUT2D eigenvalue weighted by Gasteiger charge is 2.46. The van der Waals surface area contributed by atoms with Crippen LogP contribution in [0.15, 0.2) is 54.6 Å². The number of amides is 5. The Kier molecular flexibility index (Phi) is 10.7. The molecular weight excluding hydrogens is 768 g/mol. The third-order valence-electron chi connectivity index (χ3n) is 13.6. The highest BCUT2D eigenvalue weighted by atomic mass is 35.5. The molecule has 0 spiro atoms. The number of imide groups is 2. The maximum Gasteiger partial charge on any atom is 0.262 e. The number of nitrogens with one attached hydrogen (secondary N) is 2. The van der Waals surface area contributed by atoms with Gasteiger partial charge in [-0.1, -0.05) is 11.6 Å². The van der Waals surface area contributed by atoms with Crippen LogP contribution >= 0.6 is 11.6 Å². The number of fused-ring (bicyclic) bond motifs is 2. The average molecular weight is 817 g/mol. The highest BCUT2D eigenvalue weighted by molar-refractivity contribution is 6.32. The lowest BCUT2D eigenvalue weighted by molar-refractivity contribution is -0.136. The third kappa shape index (κ3) is 7.70. The van der Waals surface area contributed by atoms with Gasteiger partial charge in [-0.2, -0.15) is 5.26 Å². The van der Waals surface area contributed by atoms with E-state index < -0.39 is 23.8 Å². The van der Waals surface area contributed by atoms with Crippen LogP contribution in [0.4, 0.5) is 11.4 Å². The van der Waals surface area contributed by atoms with Crippen LogP contribution in [0.1, 0.15) is 99.1 Å². The van der Waals surface area contributed by atoms with E-state index in [2.05, 4.69) is 55.5 Å². The lowest BCUT2D eigenvalue weighted by Gasteiger charge is -2.48. The number of rotatable bonds is 9. The number of carbonyl (C=O) groups is 5. The normalized spacial score (nSPS) is 24.1. The Morgan fingerprint density at radius 1 is 0.881 bits per heavy atom. The summed E-state index contributed by atoms with van der Waals surface area (Å²) in [6, 6.07) is 19.5. The summed E-state index contributed by atoms with van der Waals surface area (Å²) in [5.41, 5.74) is 6.13. The van der Waals surface area contributed by atoms with Gasteiger partial charge in [0.25, 0.3) is 17.7 Å².